The molecular weight excluding hydrogens is 462 g/mol. The van der Waals surface area contributed by atoms with Crippen LogP contribution in [0.5, 0.6) is 0 Å². The summed E-state index contributed by atoms with van der Waals surface area (Å²) in [5, 5.41) is 0. The van der Waals surface area contributed by atoms with Crippen molar-refractivity contribution < 1.29 is 0 Å². The zero-order chi connectivity index (χ0) is 26.5. The largest absolute Gasteiger partial charge is 0.216 e. The van der Waals surface area contributed by atoms with Crippen molar-refractivity contribution in [3.05, 3.63) is 137 Å². The van der Waals surface area contributed by atoms with Crippen LogP contribution in [0.4, 0.5) is 0 Å². The number of nitrogens with zero attached hydrogens (tertiary/aromatic N) is 3. The Bertz CT molecular complexity index is 1580. The topological polar surface area (TPSA) is 38.7 Å². The molecule has 3 nitrogen and oxygen atoms in total. The third kappa shape index (κ3) is 4.12. The lowest BCUT2D eigenvalue weighted by Gasteiger charge is -2.39. The highest BCUT2D eigenvalue weighted by atomic mass is 15.0. The molecule has 1 aliphatic rings. The Morgan fingerprint density at radius 1 is 0.579 bits per heavy atom. The Kier molecular flexibility index (Phi) is 5.75. The average molecular weight is 496 g/mol. The molecule has 0 saturated carbocycles. The summed E-state index contributed by atoms with van der Waals surface area (Å²) in [5.41, 5.74) is 8.20. The lowest BCUT2D eigenvalue weighted by atomic mass is 9.65. The average Bonchev–Trinajstić information content (AvgIpc) is 2.93. The van der Waals surface area contributed by atoms with Gasteiger partial charge >= 0.3 is 0 Å². The van der Waals surface area contributed by atoms with E-state index >= 15 is 0 Å². The molecule has 4 aromatic carbocycles. The summed E-state index contributed by atoms with van der Waals surface area (Å²) in [5.74, 6) is 2.27. The van der Waals surface area contributed by atoms with Crippen LogP contribution in [0.15, 0.2) is 103 Å². The number of benzene rings is 4. The van der Waals surface area contributed by atoms with Crippen molar-refractivity contribution in [1.29, 1.82) is 0 Å². The van der Waals surface area contributed by atoms with E-state index in [9.17, 15) is 0 Å². The first-order chi connectivity index (χ1) is 18.2. The molecule has 6 rings (SSSR count). The van der Waals surface area contributed by atoms with Crippen molar-refractivity contribution >= 4 is 0 Å². The highest BCUT2D eigenvalue weighted by molar-refractivity contribution is 5.70. The molecule has 0 unspecified atom stereocenters. The van der Waals surface area contributed by atoms with Gasteiger partial charge in [0.1, 0.15) is 11.6 Å². The van der Waals surface area contributed by atoms with Crippen molar-refractivity contribution in [2.75, 3.05) is 0 Å². The van der Waals surface area contributed by atoms with Crippen LogP contribution in [-0.2, 0) is 10.8 Å². The highest BCUT2D eigenvalue weighted by Gasteiger charge is 2.39. The number of rotatable bonds is 3. The fourth-order valence-corrected chi connectivity index (χ4v) is 5.68. The standard InChI is InChI=1S/C35H33N3/c1-34(2,3)33-37-31(25-17-13-16-24(22-25)23-14-7-6-8-15-23)36-32(38-33)30-26-18-9-11-20-28(26)35(4,5)29-21-12-10-19-27(29)30/h6-22,30H,1-5H3. The zero-order valence-electron chi connectivity index (χ0n) is 22.7. The van der Waals surface area contributed by atoms with E-state index in [0.717, 1.165) is 28.6 Å². The molecule has 1 heterocycles. The number of hydrogen-bond donors (Lipinski definition) is 0. The smallest absolute Gasteiger partial charge is 0.163 e. The van der Waals surface area contributed by atoms with Gasteiger partial charge in [0.15, 0.2) is 5.82 Å². The Labute approximate surface area is 225 Å². The maximum atomic E-state index is 5.20. The molecule has 0 saturated heterocycles. The second-order valence-corrected chi connectivity index (χ2v) is 11.8. The van der Waals surface area contributed by atoms with Gasteiger partial charge in [0.25, 0.3) is 0 Å². The maximum Gasteiger partial charge on any atom is 0.163 e. The minimum absolute atomic E-state index is 0.0596. The summed E-state index contributed by atoms with van der Waals surface area (Å²) in [7, 11) is 0. The fourth-order valence-electron chi connectivity index (χ4n) is 5.68. The fraction of sp³-hybridized carbons (Fsp3) is 0.229. The van der Waals surface area contributed by atoms with Crippen molar-refractivity contribution in [3.8, 4) is 22.5 Å². The Morgan fingerprint density at radius 2 is 1.13 bits per heavy atom. The summed E-state index contributed by atoms with van der Waals surface area (Å²) in [6.45, 7) is 11.1. The first kappa shape index (κ1) is 24.2. The SMILES string of the molecule is CC(C)(C)c1nc(-c2cccc(-c3ccccc3)c2)nc(C2c3ccccc3C(C)(C)c3ccccc32)n1. The normalized spacial score (nSPS) is 14.6. The van der Waals surface area contributed by atoms with E-state index in [1.807, 2.05) is 6.07 Å². The van der Waals surface area contributed by atoms with Crippen LogP contribution in [0.2, 0.25) is 0 Å². The molecule has 1 aromatic heterocycles. The molecule has 3 heteroatoms. The Morgan fingerprint density at radius 3 is 1.76 bits per heavy atom. The van der Waals surface area contributed by atoms with Crippen molar-refractivity contribution in [2.45, 2.75) is 51.4 Å². The number of hydrogen-bond acceptors (Lipinski definition) is 3. The van der Waals surface area contributed by atoms with Gasteiger partial charge in [-0.15, -0.1) is 0 Å². The molecule has 0 atom stereocenters. The summed E-state index contributed by atoms with van der Waals surface area (Å²) < 4.78 is 0. The predicted molar refractivity (Wildman–Crippen MR) is 155 cm³/mol. The second-order valence-electron chi connectivity index (χ2n) is 11.8. The molecule has 0 fully saturated rings. The molecule has 0 N–H and O–H groups in total. The van der Waals surface area contributed by atoms with Gasteiger partial charge in [0.2, 0.25) is 0 Å². The molecule has 188 valence electrons. The van der Waals surface area contributed by atoms with Gasteiger partial charge < -0.3 is 0 Å². The predicted octanol–water partition coefficient (Wildman–Crippen LogP) is 8.32. The molecule has 0 radical (unpaired) electrons. The quantitative estimate of drug-likeness (QED) is 0.253. The minimum atomic E-state index is -0.226. The van der Waals surface area contributed by atoms with Crippen LogP contribution in [0.1, 0.15) is 74.4 Å². The van der Waals surface area contributed by atoms with E-state index in [4.69, 9.17) is 15.0 Å². The van der Waals surface area contributed by atoms with E-state index in [2.05, 4.69) is 132 Å². The van der Waals surface area contributed by atoms with Gasteiger partial charge in [-0.3, -0.25) is 0 Å². The summed E-state index contributed by atoms with van der Waals surface area (Å²) in [6, 6.07) is 36.5. The third-order valence-corrected chi connectivity index (χ3v) is 7.70. The Balaban J connectivity index is 1.58. The van der Waals surface area contributed by atoms with Gasteiger partial charge in [0, 0.05) is 16.4 Å². The summed E-state index contributed by atoms with van der Waals surface area (Å²) >= 11 is 0. The van der Waals surface area contributed by atoms with E-state index in [1.54, 1.807) is 0 Å². The maximum absolute atomic E-state index is 5.20. The van der Waals surface area contributed by atoms with Crippen molar-refractivity contribution in [1.82, 2.24) is 15.0 Å². The molecule has 5 aromatic rings. The second kappa shape index (κ2) is 9.02. The highest BCUT2D eigenvalue weighted by Crippen LogP contribution is 2.48. The molecule has 0 spiro atoms. The number of fused-ring (bicyclic) bond motifs is 2. The first-order valence-corrected chi connectivity index (χ1v) is 13.3. The molecule has 38 heavy (non-hydrogen) atoms. The summed E-state index contributed by atoms with van der Waals surface area (Å²) in [4.78, 5) is 15.4. The summed E-state index contributed by atoms with van der Waals surface area (Å²) in [6.07, 6.45) is 0. The lowest BCUT2D eigenvalue weighted by Crippen LogP contribution is -2.31. The molecule has 0 bridgehead atoms. The van der Waals surface area contributed by atoms with Crippen LogP contribution in [0, 0.1) is 0 Å². The monoisotopic (exact) mass is 495 g/mol. The lowest BCUT2D eigenvalue weighted by molar-refractivity contribution is 0.531. The third-order valence-electron chi connectivity index (χ3n) is 7.70. The molecular formula is C35H33N3. The van der Waals surface area contributed by atoms with E-state index < -0.39 is 0 Å². The van der Waals surface area contributed by atoms with Gasteiger partial charge in [0.05, 0.1) is 5.92 Å². The number of aromatic nitrogens is 3. The molecule has 0 amide bonds. The van der Waals surface area contributed by atoms with Crippen LogP contribution in [0.3, 0.4) is 0 Å². The Hall–Kier alpha value is -4.11. The molecule has 1 aliphatic carbocycles. The van der Waals surface area contributed by atoms with Gasteiger partial charge in [-0.2, -0.15) is 0 Å². The van der Waals surface area contributed by atoms with Crippen LogP contribution in [0.25, 0.3) is 22.5 Å². The van der Waals surface area contributed by atoms with Gasteiger partial charge in [-0.25, -0.2) is 15.0 Å². The van der Waals surface area contributed by atoms with Crippen molar-refractivity contribution in [3.63, 3.8) is 0 Å². The van der Waals surface area contributed by atoms with E-state index in [0.29, 0.717) is 0 Å². The zero-order valence-corrected chi connectivity index (χ0v) is 22.7. The van der Waals surface area contributed by atoms with Crippen molar-refractivity contribution in [2.24, 2.45) is 0 Å². The van der Waals surface area contributed by atoms with Crippen LogP contribution >= 0.6 is 0 Å². The van der Waals surface area contributed by atoms with E-state index in [-0.39, 0.29) is 16.7 Å². The van der Waals surface area contributed by atoms with Crippen LogP contribution < -0.4 is 0 Å². The molecule has 0 aliphatic heterocycles. The van der Waals surface area contributed by atoms with Gasteiger partial charge in [-0.1, -0.05) is 132 Å². The van der Waals surface area contributed by atoms with E-state index in [1.165, 1.54) is 27.8 Å². The van der Waals surface area contributed by atoms with Gasteiger partial charge in [-0.05, 0) is 39.4 Å². The first-order valence-electron chi connectivity index (χ1n) is 13.3. The minimum Gasteiger partial charge on any atom is -0.216 e. The van der Waals surface area contributed by atoms with Crippen LogP contribution in [-0.4, -0.2) is 15.0 Å².